The molecular weight excluding hydrogens is 385 g/mol. The van der Waals surface area contributed by atoms with Crippen molar-refractivity contribution >= 4 is 28.5 Å². The number of nitrogens with two attached hydrogens (primary N) is 1. The van der Waals surface area contributed by atoms with Crippen molar-refractivity contribution in [2.45, 2.75) is 16.4 Å². The van der Waals surface area contributed by atoms with Crippen LogP contribution in [0.1, 0.15) is 12.8 Å². The summed E-state index contributed by atoms with van der Waals surface area (Å²) < 4.78 is 5.21. The molecule has 1 heterocycles. The normalized spacial score (nSPS) is 27.1. The summed E-state index contributed by atoms with van der Waals surface area (Å²) >= 11 is 2.42. The number of amides is 1. The summed E-state index contributed by atoms with van der Waals surface area (Å²) in [5.74, 6) is 0.839. The number of aliphatic hydroxyl groups excluding tert-OH is 1. The number of rotatable bonds is 4. The van der Waals surface area contributed by atoms with E-state index < -0.39 is 0 Å². The maximum Gasteiger partial charge on any atom is 0.224 e. The van der Waals surface area contributed by atoms with E-state index in [1.165, 1.54) is 0 Å². The topological polar surface area (TPSA) is 79.0 Å². The van der Waals surface area contributed by atoms with Gasteiger partial charge in [-0.25, -0.2) is 0 Å². The number of hydrogen-bond donors (Lipinski definition) is 2. The van der Waals surface area contributed by atoms with E-state index in [-0.39, 0.29) is 22.5 Å². The molecule has 118 valence electrons. The van der Waals surface area contributed by atoms with E-state index in [0.29, 0.717) is 18.8 Å². The maximum atomic E-state index is 11.8. The Morgan fingerprint density at radius 3 is 2.71 bits per heavy atom. The molecule has 1 aliphatic heterocycles. The minimum Gasteiger partial charge on any atom is -0.499 e. The molecule has 2 aliphatic rings. The zero-order valence-corrected chi connectivity index (χ0v) is 14.4. The lowest BCUT2D eigenvalue weighted by Crippen LogP contribution is -2.55. The Morgan fingerprint density at radius 1 is 1.48 bits per heavy atom. The third-order valence-electron chi connectivity index (χ3n) is 3.98. The molecule has 0 aromatic rings. The van der Waals surface area contributed by atoms with Crippen LogP contribution in [0.4, 0.5) is 0 Å². The van der Waals surface area contributed by atoms with E-state index in [2.05, 4.69) is 33.6 Å². The van der Waals surface area contributed by atoms with Crippen molar-refractivity contribution < 1.29 is 14.6 Å². The molecule has 0 aromatic carbocycles. The van der Waals surface area contributed by atoms with Crippen LogP contribution in [0.5, 0.6) is 0 Å². The average molecular weight is 407 g/mol. The lowest BCUT2D eigenvalue weighted by atomic mass is 10.0. The number of carbonyl (C=O) groups excluding carboxylic acids is 1. The number of nitrogens with zero attached hydrogens (tertiary/aromatic N) is 2. The van der Waals surface area contributed by atoms with Crippen LogP contribution < -0.4 is 5.73 Å². The van der Waals surface area contributed by atoms with E-state index in [4.69, 9.17) is 15.6 Å². The van der Waals surface area contributed by atoms with Crippen LogP contribution in [0.3, 0.4) is 0 Å². The highest BCUT2D eigenvalue weighted by Crippen LogP contribution is 2.37. The first-order valence-corrected chi connectivity index (χ1v) is 8.12. The second-order valence-electron chi connectivity index (χ2n) is 5.25. The van der Waals surface area contributed by atoms with E-state index in [9.17, 15) is 4.79 Å². The van der Waals surface area contributed by atoms with Gasteiger partial charge in [0.1, 0.15) is 5.76 Å². The fraction of sp³-hybridized carbons (Fsp3) is 0.643. The van der Waals surface area contributed by atoms with Crippen LogP contribution in [0.2, 0.25) is 0 Å². The van der Waals surface area contributed by atoms with Crippen molar-refractivity contribution in [1.82, 2.24) is 9.80 Å². The van der Waals surface area contributed by atoms with Crippen LogP contribution in [-0.4, -0.2) is 64.3 Å². The highest BCUT2D eigenvalue weighted by atomic mass is 127. The zero-order valence-electron chi connectivity index (χ0n) is 12.2. The number of alkyl halides is 1. The van der Waals surface area contributed by atoms with E-state index in [1.54, 1.807) is 7.11 Å². The fourth-order valence-corrected chi connectivity index (χ4v) is 3.69. The molecular formula is C14H22IN3O3. The van der Waals surface area contributed by atoms with Gasteiger partial charge in [0.2, 0.25) is 5.91 Å². The molecule has 0 radical (unpaired) electrons. The molecule has 0 spiro atoms. The molecule has 3 N–H and O–H groups in total. The zero-order chi connectivity index (χ0) is 15.5. The van der Waals surface area contributed by atoms with Crippen molar-refractivity contribution in [1.29, 1.82) is 0 Å². The predicted octanol–water partition coefficient (Wildman–Crippen LogP) is 0.421. The van der Waals surface area contributed by atoms with Crippen molar-refractivity contribution in [2.75, 3.05) is 39.9 Å². The molecule has 0 aromatic heterocycles. The summed E-state index contributed by atoms with van der Waals surface area (Å²) in [4.78, 5) is 16.0. The van der Waals surface area contributed by atoms with Crippen LogP contribution in [-0.2, 0) is 9.53 Å². The maximum absolute atomic E-state index is 11.8. The smallest absolute Gasteiger partial charge is 0.224 e. The van der Waals surface area contributed by atoms with Gasteiger partial charge in [0.15, 0.2) is 0 Å². The molecule has 2 rings (SSSR count). The van der Waals surface area contributed by atoms with Gasteiger partial charge in [-0.05, 0) is 6.08 Å². The first kappa shape index (κ1) is 16.6. The molecule has 1 unspecified atom stereocenters. The van der Waals surface area contributed by atoms with E-state index in [1.807, 2.05) is 11.0 Å². The van der Waals surface area contributed by atoms with Crippen LogP contribution >= 0.6 is 22.6 Å². The first-order chi connectivity index (χ1) is 10.00. The number of allylic oxidation sites excluding steroid dienone is 1. The fourth-order valence-electron chi connectivity index (χ4n) is 2.69. The SMILES string of the molecule is COC1=C(N)C=CC(I)(N2CCN(C(=O)CCO)CC2)C1. The molecule has 21 heavy (non-hydrogen) atoms. The molecule has 1 aliphatic carbocycles. The number of hydrogen-bond acceptors (Lipinski definition) is 5. The molecule has 6 nitrogen and oxygen atoms in total. The minimum atomic E-state index is -0.155. The third kappa shape index (κ3) is 3.70. The second kappa shape index (κ2) is 6.97. The summed E-state index contributed by atoms with van der Waals surface area (Å²) in [6.07, 6.45) is 4.95. The van der Waals surface area contributed by atoms with Gasteiger partial charge < -0.3 is 20.5 Å². The summed E-state index contributed by atoms with van der Waals surface area (Å²) in [6, 6.07) is 0. The van der Waals surface area contributed by atoms with Gasteiger partial charge in [-0.15, -0.1) is 0 Å². The van der Waals surface area contributed by atoms with Gasteiger partial charge in [-0.3, -0.25) is 9.69 Å². The third-order valence-corrected chi connectivity index (χ3v) is 5.40. The standard InChI is InChI=1S/C14H22IN3O3/c1-21-12-10-14(15,4-2-11(12)16)18-7-5-17(6-8-18)13(20)3-9-19/h2,4,19H,3,5-10,16H2,1H3. The quantitative estimate of drug-likeness (QED) is 0.401. The first-order valence-electron chi connectivity index (χ1n) is 7.04. The lowest BCUT2D eigenvalue weighted by molar-refractivity contribution is -0.133. The Labute approximate surface area is 138 Å². The van der Waals surface area contributed by atoms with Crippen LogP contribution in [0.25, 0.3) is 0 Å². The van der Waals surface area contributed by atoms with Gasteiger partial charge >= 0.3 is 0 Å². The number of piperazine rings is 1. The summed E-state index contributed by atoms with van der Waals surface area (Å²) in [5.41, 5.74) is 6.59. The van der Waals surface area contributed by atoms with Gasteiger partial charge in [0, 0.05) is 39.0 Å². The van der Waals surface area contributed by atoms with Crippen molar-refractivity contribution in [3.63, 3.8) is 0 Å². The largest absolute Gasteiger partial charge is 0.499 e. The average Bonchev–Trinajstić information content (AvgIpc) is 2.50. The summed E-state index contributed by atoms with van der Waals surface area (Å²) in [5, 5.41) is 8.85. The monoisotopic (exact) mass is 407 g/mol. The van der Waals surface area contributed by atoms with Crippen molar-refractivity contribution in [3.8, 4) is 0 Å². The lowest BCUT2D eigenvalue weighted by Gasteiger charge is -2.44. The van der Waals surface area contributed by atoms with Crippen LogP contribution in [0, 0.1) is 0 Å². The Kier molecular flexibility index (Phi) is 5.50. The van der Waals surface area contributed by atoms with Gasteiger partial charge in [-0.2, -0.15) is 0 Å². The van der Waals surface area contributed by atoms with Crippen molar-refractivity contribution in [2.24, 2.45) is 5.73 Å². The number of carbonyl (C=O) groups is 1. The van der Waals surface area contributed by atoms with Crippen LogP contribution in [0.15, 0.2) is 23.6 Å². The Bertz CT molecular complexity index is 458. The Hall–Kier alpha value is -0.800. The number of methoxy groups -OCH3 is 1. The molecule has 0 bridgehead atoms. The number of halogens is 1. The molecule has 1 atom stereocenters. The minimum absolute atomic E-state index is 0.0283. The second-order valence-corrected chi connectivity index (χ2v) is 7.12. The Balaban J connectivity index is 1.96. The molecule has 1 fully saturated rings. The number of ether oxygens (including phenoxy) is 1. The highest BCUT2D eigenvalue weighted by Gasteiger charge is 2.37. The molecule has 1 amide bonds. The molecule has 0 saturated carbocycles. The van der Waals surface area contributed by atoms with Crippen molar-refractivity contribution in [3.05, 3.63) is 23.6 Å². The molecule has 7 heteroatoms. The Morgan fingerprint density at radius 2 is 2.14 bits per heavy atom. The van der Waals surface area contributed by atoms with Gasteiger partial charge in [-0.1, -0.05) is 28.7 Å². The summed E-state index contributed by atoms with van der Waals surface area (Å²) in [7, 11) is 1.64. The van der Waals surface area contributed by atoms with E-state index >= 15 is 0 Å². The summed E-state index contributed by atoms with van der Waals surface area (Å²) in [6.45, 7) is 2.92. The van der Waals surface area contributed by atoms with Gasteiger partial charge in [0.05, 0.1) is 23.0 Å². The highest BCUT2D eigenvalue weighted by molar-refractivity contribution is 14.1. The molecule has 1 saturated heterocycles. The van der Waals surface area contributed by atoms with Gasteiger partial charge in [0.25, 0.3) is 0 Å². The predicted molar refractivity (Wildman–Crippen MR) is 88.6 cm³/mol. The number of aliphatic hydroxyl groups is 1. The van der Waals surface area contributed by atoms with E-state index in [0.717, 1.165) is 25.3 Å².